The third kappa shape index (κ3) is 6.11. The molecule has 0 N–H and O–H groups in total. The minimum absolute atomic E-state index is 0.657. The Balaban J connectivity index is 1.13. The molecule has 0 radical (unpaired) electrons. The SMILES string of the molecule is c1ccc(-c2ccc3oc4cccc(N(c5cccc(C6(c7ccccc7-c7ccccc7)c7ccccc7-c7ccccc76)c5)c5ccccc5-c5cccc6ccccc56)c4c3c2)cc1. The molecule has 13 rings (SSSR count). The predicted octanol–water partition coefficient (Wildman–Crippen LogP) is 17.6. The maximum absolute atomic E-state index is 6.76. The molecule has 0 unspecified atom stereocenters. The molecule has 314 valence electrons. The molecule has 67 heavy (non-hydrogen) atoms. The Morgan fingerprint density at radius 3 is 1.63 bits per heavy atom. The third-order valence-corrected chi connectivity index (χ3v) is 14.0. The van der Waals surface area contributed by atoms with E-state index in [1.54, 1.807) is 0 Å². The molecule has 0 saturated carbocycles. The summed E-state index contributed by atoms with van der Waals surface area (Å²) >= 11 is 0. The highest BCUT2D eigenvalue weighted by Crippen LogP contribution is 2.58. The van der Waals surface area contributed by atoms with E-state index in [0.717, 1.165) is 50.1 Å². The van der Waals surface area contributed by atoms with Gasteiger partial charge in [0.1, 0.15) is 11.2 Å². The summed E-state index contributed by atoms with van der Waals surface area (Å²) in [4.78, 5) is 2.48. The van der Waals surface area contributed by atoms with Crippen molar-refractivity contribution in [3.05, 3.63) is 283 Å². The van der Waals surface area contributed by atoms with Crippen molar-refractivity contribution in [2.75, 3.05) is 4.90 Å². The summed E-state index contributed by atoms with van der Waals surface area (Å²) < 4.78 is 6.76. The maximum atomic E-state index is 6.76. The average Bonchev–Trinajstić information content (AvgIpc) is 3.93. The molecule has 0 spiro atoms. The van der Waals surface area contributed by atoms with Crippen LogP contribution in [0, 0.1) is 0 Å². The standard InChI is InChI=1S/C65H43NO/c1-3-20-44(21-4-1)47-40-41-62-56(42-47)64-61(38-19-39-63(64)67-62)66(60-37-16-12-32-55(60)52-33-17-25-45-24-7-8-28-50(45)52)49-27-18-26-48(43-49)65(57-34-13-9-29-51(57)46-22-5-2-6-23-46)58-35-14-10-30-53(58)54-31-11-15-36-59(54)65/h1-43H. The molecule has 0 aliphatic heterocycles. The van der Waals surface area contributed by atoms with Crippen LogP contribution >= 0.6 is 0 Å². The fourth-order valence-electron chi connectivity index (χ4n) is 11.1. The van der Waals surface area contributed by atoms with Gasteiger partial charge in [0.25, 0.3) is 0 Å². The van der Waals surface area contributed by atoms with Gasteiger partial charge in [0.15, 0.2) is 0 Å². The van der Waals surface area contributed by atoms with Crippen molar-refractivity contribution >= 4 is 49.8 Å². The Bertz CT molecular complexity index is 3780. The first kappa shape index (κ1) is 38.7. The fraction of sp³-hybridized carbons (Fsp3) is 0.0154. The summed E-state index contributed by atoms with van der Waals surface area (Å²) in [5.41, 5.74) is 18.7. The maximum Gasteiger partial charge on any atom is 0.137 e. The van der Waals surface area contributed by atoms with Gasteiger partial charge in [-0.25, -0.2) is 0 Å². The van der Waals surface area contributed by atoms with E-state index in [1.807, 2.05) is 0 Å². The monoisotopic (exact) mass is 853 g/mol. The van der Waals surface area contributed by atoms with E-state index in [1.165, 1.54) is 66.4 Å². The average molecular weight is 854 g/mol. The van der Waals surface area contributed by atoms with Gasteiger partial charge in [0, 0.05) is 16.6 Å². The van der Waals surface area contributed by atoms with Gasteiger partial charge in [-0.1, -0.05) is 218 Å². The highest BCUT2D eigenvalue weighted by atomic mass is 16.3. The lowest BCUT2D eigenvalue weighted by molar-refractivity contribution is 0.669. The molecule has 1 aromatic heterocycles. The van der Waals surface area contributed by atoms with Crippen LogP contribution in [0.2, 0.25) is 0 Å². The summed E-state index contributed by atoms with van der Waals surface area (Å²) in [6.07, 6.45) is 0. The van der Waals surface area contributed by atoms with Gasteiger partial charge in [0.2, 0.25) is 0 Å². The number of benzene rings is 11. The first-order valence-corrected chi connectivity index (χ1v) is 23.1. The van der Waals surface area contributed by atoms with Gasteiger partial charge in [-0.15, -0.1) is 0 Å². The zero-order valence-corrected chi connectivity index (χ0v) is 36.7. The van der Waals surface area contributed by atoms with E-state index >= 15 is 0 Å². The number of anilines is 3. The lowest BCUT2D eigenvalue weighted by Crippen LogP contribution is -2.29. The van der Waals surface area contributed by atoms with E-state index in [-0.39, 0.29) is 0 Å². The number of furan rings is 1. The van der Waals surface area contributed by atoms with E-state index in [4.69, 9.17) is 4.42 Å². The number of hydrogen-bond donors (Lipinski definition) is 0. The van der Waals surface area contributed by atoms with Crippen LogP contribution in [0.25, 0.3) is 77.2 Å². The molecule has 12 aromatic rings. The Morgan fingerprint density at radius 2 is 0.866 bits per heavy atom. The minimum atomic E-state index is -0.657. The summed E-state index contributed by atoms with van der Waals surface area (Å²) in [5, 5.41) is 4.55. The van der Waals surface area contributed by atoms with E-state index in [2.05, 4.69) is 266 Å². The predicted molar refractivity (Wildman–Crippen MR) is 280 cm³/mol. The number of rotatable bonds is 8. The Kier molecular flexibility index (Phi) is 9.11. The fourth-order valence-corrected chi connectivity index (χ4v) is 11.1. The van der Waals surface area contributed by atoms with E-state index in [9.17, 15) is 0 Å². The van der Waals surface area contributed by atoms with Gasteiger partial charge in [-0.3, -0.25) is 0 Å². The van der Waals surface area contributed by atoms with Crippen LogP contribution < -0.4 is 4.90 Å². The lowest BCUT2D eigenvalue weighted by Gasteiger charge is -2.37. The van der Waals surface area contributed by atoms with Crippen molar-refractivity contribution in [2.45, 2.75) is 5.41 Å². The quantitative estimate of drug-likeness (QED) is 0.151. The van der Waals surface area contributed by atoms with Gasteiger partial charge in [0.05, 0.1) is 22.2 Å². The molecule has 2 heteroatoms. The second kappa shape index (κ2) is 15.8. The van der Waals surface area contributed by atoms with Gasteiger partial charge in [-0.05, 0) is 114 Å². The van der Waals surface area contributed by atoms with Crippen molar-refractivity contribution in [3.8, 4) is 44.5 Å². The number of nitrogens with zero attached hydrogens (tertiary/aromatic N) is 1. The van der Waals surface area contributed by atoms with Crippen LogP contribution in [0.15, 0.2) is 265 Å². The number of fused-ring (bicyclic) bond motifs is 7. The molecule has 0 amide bonds. The van der Waals surface area contributed by atoms with Crippen LogP contribution in [0.3, 0.4) is 0 Å². The van der Waals surface area contributed by atoms with E-state index in [0.29, 0.717) is 0 Å². The van der Waals surface area contributed by atoms with Crippen molar-refractivity contribution in [3.63, 3.8) is 0 Å². The molecule has 0 fully saturated rings. The topological polar surface area (TPSA) is 16.4 Å². The molecule has 1 aliphatic rings. The number of hydrogen-bond acceptors (Lipinski definition) is 2. The summed E-state index contributed by atoms with van der Waals surface area (Å²) in [6.45, 7) is 0. The zero-order valence-electron chi connectivity index (χ0n) is 36.7. The Hall–Kier alpha value is -8.72. The molecule has 0 bridgehead atoms. The molecule has 1 heterocycles. The molecule has 11 aromatic carbocycles. The molecule has 0 atom stereocenters. The van der Waals surface area contributed by atoms with Crippen molar-refractivity contribution in [1.82, 2.24) is 0 Å². The lowest BCUT2D eigenvalue weighted by atomic mass is 9.66. The van der Waals surface area contributed by atoms with Crippen LogP contribution in [-0.2, 0) is 5.41 Å². The molecule has 1 aliphatic carbocycles. The van der Waals surface area contributed by atoms with Crippen LogP contribution in [0.5, 0.6) is 0 Å². The molecular formula is C65H43NO. The first-order chi connectivity index (χ1) is 33.3. The summed E-state index contributed by atoms with van der Waals surface area (Å²) in [7, 11) is 0. The molecule has 2 nitrogen and oxygen atoms in total. The van der Waals surface area contributed by atoms with Crippen molar-refractivity contribution in [2.24, 2.45) is 0 Å². The zero-order chi connectivity index (χ0) is 44.3. The number of para-hydroxylation sites is 1. The van der Waals surface area contributed by atoms with Crippen LogP contribution in [0.1, 0.15) is 22.3 Å². The first-order valence-electron chi connectivity index (χ1n) is 23.1. The highest BCUT2D eigenvalue weighted by molar-refractivity contribution is 6.15. The Labute approximate surface area is 390 Å². The normalized spacial score (nSPS) is 12.6. The largest absolute Gasteiger partial charge is 0.456 e. The summed E-state index contributed by atoms with van der Waals surface area (Å²) in [5.74, 6) is 0. The second-order valence-electron chi connectivity index (χ2n) is 17.5. The van der Waals surface area contributed by atoms with Gasteiger partial charge in [-0.2, -0.15) is 0 Å². The highest BCUT2D eigenvalue weighted by Gasteiger charge is 2.47. The second-order valence-corrected chi connectivity index (χ2v) is 17.5. The van der Waals surface area contributed by atoms with Crippen molar-refractivity contribution < 1.29 is 4.42 Å². The van der Waals surface area contributed by atoms with Crippen LogP contribution in [-0.4, -0.2) is 0 Å². The van der Waals surface area contributed by atoms with Gasteiger partial charge < -0.3 is 9.32 Å². The smallest absolute Gasteiger partial charge is 0.137 e. The minimum Gasteiger partial charge on any atom is -0.456 e. The molecular weight excluding hydrogens is 811 g/mol. The Morgan fingerprint density at radius 1 is 0.313 bits per heavy atom. The summed E-state index contributed by atoms with van der Waals surface area (Å²) in [6, 6.07) is 95.2. The molecule has 0 saturated heterocycles. The van der Waals surface area contributed by atoms with Gasteiger partial charge >= 0.3 is 0 Å². The third-order valence-electron chi connectivity index (χ3n) is 14.0. The van der Waals surface area contributed by atoms with Crippen LogP contribution in [0.4, 0.5) is 17.1 Å². The van der Waals surface area contributed by atoms with E-state index < -0.39 is 5.41 Å². The van der Waals surface area contributed by atoms with Crippen molar-refractivity contribution in [1.29, 1.82) is 0 Å².